The number of halogens is 1. The van der Waals surface area contributed by atoms with E-state index in [0.29, 0.717) is 11.1 Å². The fourth-order valence-electron chi connectivity index (χ4n) is 2.48. The summed E-state index contributed by atoms with van der Waals surface area (Å²) < 4.78 is 2.91. The largest absolute Gasteiger partial charge is 0.365 e. The van der Waals surface area contributed by atoms with Gasteiger partial charge in [-0.1, -0.05) is 37.3 Å². The van der Waals surface area contributed by atoms with Crippen molar-refractivity contribution < 1.29 is 9.48 Å². The van der Waals surface area contributed by atoms with E-state index in [1.54, 1.807) is 4.68 Å². The van der Waals surface area contributed by atoms with Crippen LogP contribution in [0.15, 0.2) is 53.7 Å². The minimum Gasteiger partial charge on any atom is -0.325 e. The van der Waals surface area contributed by atoms with Crippen molar-refractivity contribution in [2.45, 2.75) is 24.9 Å². The molecule has 1 amide bonds. The van der Waals surface area contributed by atoms with Gasteiger partial charge in [-0.2, -0.15) is 0 Å². The summed E-state index contributed by atoms with van der Waals surface area (Å²) >= 11 is 3.62. The molecule has 0 saturated carbocycles. The van der Waals surface area contributed by atoms with E-state index < -0.39 is 0 Å². The Morgan fingerprint density at radius 3 is 2.77 bits per heavy atom. The van der Waals surface area contributed by atoms with Gasteiger partial charge in [0.1, 0.15) is 10.8 Å². The first-order valence-electron chi connectivity index (χ1n) is 8.15. The predicted octanol–water partition coefficient (Wildman–Crippen LogP) is 3.54. The molecule has 0 unspecified atom stereocenters. The number of nitrogens with zero attached hydrogens (tertiary/aromatic N) is 3. The number of amides is 1. The molecule has 0 radical (unpaired) electrons. The maximum absolute atomic E-state index is 12.4. The van der Waals surface area contributed by atoms with Crippen LogP contribution in [-0.2, 0) is 4.79 Å². The third-order valence-corrected chi connectivity index (χ3v) is 5.33. The number of benzene rings is 2. The summed E-state index contributed by atoms with van der Waals surface area (Å²) in [6, 6.07) is 15.8. The van der Waals surface area contributed by atoms with Crippen LogP contribution in [-0.4, -0.2) is 27.2 Å². The van der Waals surface area contributed by atoms with Gasteiger partial charge in [0.05, 0.1) is 5.75 Å². The van der Waals surface area contributed by atoms with Gasteiger partial charge in [0.15, 0.2) is 5.21 Å². The number of nitrogens with one attached hydrogen (secondary N) is 2. The molecule has 2 N–H and O–H groups in total. The molecule has 134 valence electrons. The Balaban J connectivity index is 1.67. The molecule has 0 aliphatic heterocycles. The SMILES string of the molecule is CC(C)c1cc(I)ccc1NC(=O)CSc1nn[nH][n+]1-c1ccccc1. The van der Waals surface area contributed by atoms with Crippen LogP contribution in [0.3, 0.4) is 0 Å². The van der Waals surface area contributed by atoms with E-state index in [1.165, 1.54) is 11.8 Å². The van der Waals surface area contributed by atoms with Crippen LogP contribution in [0.2, 0.25) is 0 Å². The lowest BCUT2D eigenvalue weighted by Gasteiger charge is -2.14. The highest BCUT2D eigenvalue weighted by atomic mass is 127. The average molecular weight is 480 g/mol. The van der Waals surface area contributed by atoms with Gasteiger partial charge in [-0.05, 0) is 76.2 Å². The van der Waals surface area contributed by atoms with Crippen LogP contribution in [0.1, 0.15) is 25.3 Å². The van der Waals surface area contributed by atoms with Crippen LogP contribution >= 0.6 is 34.4 Å². The van der Waals surface area contributed by atoms with Gasteiger partial charge in [0.2, 0.25) is 5.91 Å². The molecule has 0 saturated heterocycles. The molecule has 0 aliphatic rings. The second kappa shape index (κ2) is 8.63. The van der Waals surface area contributed by atoms with E-state index in [1.807, 2.05) is 42.5 Å². The fourth-order valence-corrected chi connectivity index (χ4v) is 3.70. The first-order valence-corrected chi connectivity index (χ1v) is 10.2. The minimum absolute atomic E-state index is 0.0688. The van der Waals surface area contributed by atoms with E-state index in [-0.39, 0.29) is 11.7 Å². The second-order valence-electron chi connectivity index (χ2n) is 5.98. The number of thioether (sulfide) groups is 1. The van der Waals surface area contributed by atoms with Crippen molar-refractivity contribution in [3.63, 3.8) is 0 Å². The number of hydrogen-bond acceptors (Lipinski definition) is 4. The minimum atomic E-state index is -0.0688. The fraction of sp³-hybridized carbons (Fsp3) is 0.222. The first kappa shape index (κ1) is 18.8. The smallest absolute Gasteiger partial charge is 0.325 e. The summed E-state index contributed by atoms with van der Waals surface area (Å²) in [5.74, 6) is 0.521. The zero-order valence-electron chi connectivity index (χ0n) is 14.4. The summed E-state index contributed by atoms with van der Waals surface area (Å²) in [6.45, 7) is 4.24. The van der Waals surface area contributed by atoms with Crippen LogP contribution in [0.4, 0.5) is 5.69 Å². The van der Waals surface area contributed by atoms with Gasteiger partial charge < -0.3 is 5.32 Å². The summed E-state index contributed by atoms with van der Waals surface area (Å²) in [5.41, 5.74) is 2.92. The van der Waals surface area contributed by atoms with E-state index >= 15 is 0 Å². The lowest BCUT2D eigenvalue weighted by Crippen LogP contribution is -2.35. The van der Waals surface area contributed by atoms with Gasteiger partial charge in [0.25, 0.3) is 0 Å². The van der Waals surface area contributed by atoms with Crippen LogP contribution in [0.5, 0.6) is 0 Å². The molecule has 8 heteroatoms. The van der Waals surface area contributed by atoms with E-state index in [2.05, 4.69) is 63.3 Å². The van der Waals surface area contributed by atoms with Gasteiger partial charge >= 0.3 is 5.16 Å². The lowest BCUT2D eigenvalue weighted by molar-refractivity contribution is -0.697. The maximum Gasteiger partial charge on any atom is 0.365 e. The van der Waals surface area contributed by atoms with E-state index in [0.717, 1.165) is 20.5 Å². The van der Waals surface area contributed by atoms with Crippen molar-refractivity contribution in [2.24, 2.45) is 0 Å². The summed E-state index contributed by atoms with van der Waals surface area (Å²) in [4.78, 5) is 12.4. The number of carbonyl (C=O) groups excluding carboxylic acids is 1. The molecular weight excluding hydrogens is 461 g/mol. The molecule has 1 heterocycles. The summed E-state index contributed by atoms with van der Waals surface area (Å²) in [6.07, 6.45) is 0. The number of carbonyl (C=O) groups is 1. The Morgan fingerprint density at radius 1 is 1.27 bits per heavy atom. The highest BCUT2D eigenvalue weighted by Gasteiger charge is 2.19. The van der Waals surface area contributed by atoms with Crippen molar-refractivity contribution in [2.75, 3.05) is 11.1 Å². The monoisotopic (exact) mass is 480 g/mol. The van der Waals surface area contributed by atoms with Crippen LogP contribution in [0.25, 0.3) is 5.69 Å². The third-order valence-electron chi connectivity index (χ3n) is 3.73. The molecular formula is C18H19IN5OS+. The molecule has 3 aromatic rings. The topological polar surface area (TPSA) is 74.5 Å². The van der Waals surface area contributed by atoms with Crippen LogP contribution < -0.4 is 10.00 Å². The molecule has 0 bridgehead atoms. The molecule has 0 spiro atoms. The normalized spacial score (nSPS) is 10.9. The Bertz CT molecular complexity index is 898. The Labute approximate surface area is 169 Å². The molecule has 1 aromatic heterocycles. The molecule has 26 heavy (non-hydrogen) atoms. The highest BCUT2D eigenvalue weighted by molar-refractivity contribution is 14.1. The highest BCUT2D eigenvalue weighted by Crippen LogP contribution is 2.26. The number of hydrogen-bond donors (Lipinski definition) is 2. The van der Waals surface area contributed by atoms with Gasteiger partial charge in [-0.15, -0.1) is 4.68 Å². The van der Waals surface area contributed by atoms with Crippen molar-refractivity contribution in [1.82, 2.24) is 15.5 Å². The van der Waals surface area contributed by atoms with Crippen molar-refractivity contribution in [1.29, 1.82) is 0 Å². The zero-order chi connectivity index (χ0) is 18.5. The van der Waals surface area contributed by atoms with Crippen molar-refractivity contribution in [3.05, 3.63) is 57.7 Å². The van der Waals surface area contributed by atoms with Gasteiger partial charge in [0, 0.05) is 9.26 Å². The average Bonchev–Trinajstić information content (AvgIpc) is 3.10. The molecule has 3 rings (SSSR count). The number of tetrazole rings is 1. The molecule has 6 nitrogen and oxygen atoms in total. The third kappa shape index (κ3) is 4.61. The number of H-pyrrole nitrogens is 1. The number of aromatic amines is 1. The predicted molar refractivity (Wildman–Crippen MR) is 111 cm³/mol. The van der Waals surface area contributed by atoms with Crippen molar-refractivity contribution in [3.8, 4) is 5.69 Å². The number of rotatable bonds is 6. The summed E-state index contributed by atoms with van der Waals surface area (Å²) in [7, 11) is 0. The molecule has 0 aliphatic carbocycles. The quantitative estimate of drug-likeness (QED) is 0.322. The zero-order valence-corrected chi connectivity index (χ0v) is 17.4. The summed E-state index contributed by atoms with van der Waals surface area (Å²) in [5, 5.41) is 14.4. The number of anilines is 1. The van der Waals surface area contributed by atoms with Gasteiger partial charge in [-0.3, -0.25) is 4.79 Å². The Morgan fingerprint density at radius 2 is 2.04 bits per heavy atom. The lowest BCUT2D eigenvalue weighted by atomic mass is 10.0. The first-order chi connectivity index (χ1) is 12.5. The molecule has 0 atom stereocenters. The number of aromatic nitrogens is 4. The van der Waals surface area contributed by atoms with E-state index in [9.17, 15) is 4.79 Å². The van der Waals surface area contributed by atoms with Crippen molar-refractivity contribution >= 4 is 45.9 Å². The van der Waals surface area contributed by atoms with Crippen LogP contribution in [0, 0.1) is 3.57 Å². The number of para-hydroxylation sites is 1. The maximum atomic E-state index is 12.4. The standard InChI is InChI=1S/C18H18IN5OS/c1-12(2)15-10-13(19)8-9-16(15)20-17(25)11-26-18-21-22-23-24(18)14-6-4-3-5-7-14/h3-10,12H,11H2,1-2H3,(H,20,25)/p+1. The van der Waals surface area contributed by atoms with E-state index in [4.69, 9.17) is 0 Å². The molecule has 0 fully saturated rings. The Hall–Kier alpha value is -1.94. The molecule has 2 aromatic carbocycles. The second-order valence-corrected chi connectivity index (χ2v) is 8.16. The van der Waals surface area contributed by atoms with Gasteiger partial charge in [-0.25, -0.2) is 0 Å². The Kier molecular flexibility index (Phi) is 6.25.